The second-order valence-electron chi connectivity index (χ2n) is 5.51. The smallest absolute Gasteiger partial charge is 0.278 e. The number of nitrogens with one attached hydrogen (secondary N) is 1. The molecule has 0 saturated carbocycles. The van der Waals surface area contributed by atoms with E-state index in [0.29, 0.717) is 17.8 Å². The molecule has 0 bridgehead atoms. The summed E-state index contributed by atoms with van der Waals surface area (Å²) < 4.78 is 0. The quantitative estimate of drug-likeness (QED) is 0.874. The highest BCUT2D eigenvalue weighted by atomic mass is 32.1. The first-order valence-electron chi connectivity index (χ1n) is 7.51. The van der Waals surface area contributed by atoms with Crippen molar-refractivity contribution >= 4 is 34.4 Å². The van der Waals surface area contributed by atoms with E-state index in [1.807, 2.05) is 49.6 Å². The summed E-state index contributed by atoms with van der Waals surface area (Å²) in [5.41, 5.74) is 3.97. The Kier molecular flexibility index (Phi) is 4.05. The summed E-state index contributed by atoms with van der Waals surface area (Å²) in [5, 5.41) is 5.07. The summed E-state index contributed by atoms with van der Waals surface area (Å²) in [6, 6.07) is 9.66. The van der Waals surface area contributed by atoms with E-state index < -0.39 is 0 Å². The van der Waals surface area contributed by atoms with E-state index in [1.54, 1.807) is 6.92 Å². The molecule has 0 unspecified atom stereocenters. The highest BCUT2D eigenvalue weighted by Crippen LogP contribution is 2.32. The van der Waals surface area contributed by atoms with E-state index in [4.69, 9.17) is 0 Å². The zero-order valence-electron chi connectivity index (χ0n) is 13.3. The first-order chi connectivity index (χ1) is 11.0. The van der Waals surface area contributed by atoms with Gasteiger partial charge in [-0.15, -0.1) is 11.3 Å². The number of aryl methyl sites for hydroxylation is 2. The second kappa shape index (κ2) is 6.01. The first-order valence-corrected chi connectivity index (χ1v) is 8.39. The van der Waals surface area contributed by atoms with Crippen molar-refractivity contribution in [2.24, 2.45) is 0 Å². The lowest BCUT2D eigenvalue weighted by atomic mass is 10.1. The number of nitrogens with zero attached hydrogens (tertiary/aromatic N) is 1. The van der Waals surface area contributed by atoms with Crippen LogP contribution in [-0.2, 0) is 9.59 Å². The van der Waals surface area contributed by atoms with Crippen LogP contribution in [-0.4, -0.2) is 23.3 Å². The molecule has 4 nitrogen and oxygen atoms in total. The fourth-order valence-electron chi connectivity index (χ4n) is 2.59. The zero-order chi connectivity index (χ0) is 16.6. The van der Waals surface area contributed by atoms with Gasteiger partial charge in [-0.05, 0) is 55.5 Å². The Morgan fingerprint density at radius 3 is 2.48 bits per heavy atom. The van der Waals surface area contributed by atoms with Crippen molar-refractivity contribution in [1.29, 1.82) is 0 Å². The third-order valence-corrected chi connectivity index (χ3v) is 4.92. The van der Waals surface area contributed by atoms with Crippen molar-refractivity contribution in [2.45, 2.75) is 20.8 Å². The number of anilines is 1. The Bertz CT molecular complexity index is 806. The molecule has 2 amide bonds. The van der Waals surface area contributed by atoms with Gasteiger partial charge >= 0.3 is 0 Å². The number of likely N-dealkylation sites (N-methyl/N-ethyl adjacent to an activating group) is 1. The van der Waals surface area contributed by atoms with Gasteiger partial charge in [0.1, 0.15) is 5.70 Å². The van der Waals surface area contributed by atoms with Gasteiger partial charge in [-0.1, -0.05) is 12.1 Å². The molecule has 1 aromatic carbocycles. The molecule has 0 fully saturated rings. The number of hydrogen-bond acceptors (Lipinski definition) is 4. The Morgan fingerprint density at radius 1 is 1.09 bits per heavy atom. The molecule has 0 atom stereocenters. The number of benzene rings is 1. The normalized spacial score (nSPS) is 14.8. The fraction of sp³-hybridized carbons (Fsp3) is 0.222. The highest BCUT2D eigenvalue weighted by molar-refractivity contribution is 7.11. The number of hydrogen-bond donors (Lipinski definition) is 1. The Balaban J connectivity index is 2.06. The van der Waals surface area contributed by atoms with Gasteiger partial charge in [0.05, 0.1) is 5.57 Å². The minimum absolute atomic E-state index is 0.230. The minimum Gasteiger partial charge on any atom is -0.350 e. The average Bonchev–Trinajstić information content (AvgIpc) is 3.11. The molecule has 1 aliphatic rings. The standard InChI is InChI=1S/C18H18N2O2S/c1-4-20-17(21)15(14-6-5-9-23-14)16(18(20)22)19-13-8-7-11(2)12(3)10-13/h5-10,19H,4H2,1-3H3. The van der Waals surface area contributed by atoms with Gasteiger partial charge in [0.25, 0.3) is 11.8 Å². The van der Waals surface area contributed by atoms with Crippen LogP contribution >= 0.6 is 11.3 Å². The van der Waals surface area contributed by atoms with Crippen LogP contribution in [0.15, 0.2) is 41.4 Å². The molecule has 0 aliphatic carbocycles. The molecule has 0 radical (unpaired) electrons. The van der Waals surface area contributed by atoms with Crippen LogP contribution in [0.25, 0.3) is 5.57 Å². The number of carbonyl (C=O) groups excluding carboxylic acids is 2. The number of rotatable bonds is 4. The Morgan fingerprint density at radius 2 is 1.87 bits per heavy atom. The second-order valence-corrected chi connectivity index (χ2v) is 6.45. The summed E-state index contributed by atoms with van der Waals surface area (Å²) in [6.45, 7) is 6.24. The molecule has 23 heavy (non-hydrogen) atoms. The molecular formula is C18H18N2O2S. The summed E-state index contributed by atoms with van der Waals surface area (Å²) in [4.78, 5) is 27.3. The van der Waals surface area contributed by atoms with E-state index in [2.05, 4.69) is 5.32 Å². The van der Waals surface area contributed by atoms with Gasteiger partial charge in [0, 0.05) is 17.1 Å². The first kappa shape index (κ1) is 15.5. The van der Waals surface area contributed by atoms with Crippen molar-refractivity contribution in [2.75, 3.05) is 11.9 Å². The molecule has 118 valence electrons. The van der Waals surface area contributed by atoms with Crippen LogP contribution < -0.4 is 5.32 Å². The van der Waals surface area contributed by atoms with Crippen molar-refractivity contribution in [1.82, 2.24) is 4.90 Å². The van der Waals surface area contributed by atoms with Crippen LogP contribution in [0.4, 0.5) is 5.69 Å². The third kappa shape index (κ3) is 2.68. The van der Waals surface area contributed by atoms with Crippen LogP contribution in [0.1, 0.15) is 22.9 Å². The van der Waals surface area contributed by atoms with Crippen molar-refractivity contribution in [3.05, 3.63) is 57.4 Å². The van der Waals surface area contributed by atoms with Gasteiger partial charge in [0.15, 0.2) is 0 Å². The fourth-order valence-corrected chi connectivity index (χ4v) is 3.36. The summed E-state index contributed by atoms with van der Waals surface area (Å²) in [7, 11) is 0. The van der Waals surface area contributed by atoms with Crippen molar-refractivity contribution in [3.8, 4) is 0 Å². The minimum atomic E-state index is -0.265. The predicted molar refractivity (Wildman–Crippen MR) is 93.2 cm³/mol. The predicted octanol–water partition coefficient (Wildman–Crippen LogP) is 3.58. The Hall–Kier alpha value is -2.40. The number of carbonyl (C=O) groups is 2. The number of imide groups is 1. The summed E-state index contributed by atoms with van der Waals surface area (Å²) in [5.74, 6) is -0.495. The molecule has 0 spiro atoms. The van der Waals surface area contributed by atoms with E-state index in [9.17, 15) is 9.59 Å². The van der Waals surface area contributed by atoms with E-state index >= 15 is 0 Å². The molecule has 2 heterocycles. The van der Waals surface area contributed by atoms with Gasteiger partial charge in [-0.3, -0.25) is 14.5 Å². The number of thiophene rings is 1. The molecule has 1 aromatic heterocycles. The molecule has 1 N–H and O–H groups in total. The SMILES string of the molecule is CCN1C(=O)C(Nc2ccc(C)c(C)c2)=C(c2cccs2)C1=O. The van der Waals surface area contributed by atoms with Crippen molar-refractivity contribution < 1.29 is 9.59 Å². The lowest BCUT2D eigenvalue weighted by Crippen LogP contribution is -2.32. The zero-order valence-corrected chi connectivity index (χ0v) is 14.2. The Labute approximate surface area is 139 Å². The molecular weight excluding hydrogens is 308 g/mol. The van der Waals surface area contributed by atoms with Crippen LogP contribution in [0.2, 0.25) is 0 Å². The van der Waals surface area contributed by atoms with Gasteiger partial charge in [-0.25, -0.2) is 0 Å². The van der Waals surface area contributed by atoms with Gasteiger partial charge in [-0.2, -0.15) is 0 Å². The average molecular weight is 326 g/mol. The van der Waals surface area contributed by atoms with E-state index in [0.717, 1.165) is 16.1 Å². The molecule has 3 rings (SSSR count). The summed E-state index contributed by atoms with van der Waals surface area (Å²) in [6.07, 6.45) is 0. The molecule has 5 heteroatoms. The third-order valence-electron chi connectivity index (χ3n) is 4.03. The van der Waals surface area contributed by atoms with Gasteiger partial charge < -0.3 is 5.32 Å². The topological polar surface area (TPSA) is 49.4 Å². The lowest BCUT2D eigenvalue weighted by molar-refractivity contribution is -0.136. The monoisotopic (exact) mass is 326 g/mol. The number of amides is 2. The van der Waals surface area contributed by atoms with E-state index in [-0.39, 0.29) is 11.8 Å². The summed E-state index contributed by atoms with van der Waals surface area (Å²) >= 11 is 1.46. The molecule has 0 saturated heterocycles. The van der Waals surface area contributed by atoms with Crippen LogP contribution in [0.3, 0.4) is 0 Å². The van der Waals surface area contributed by atoms with E-state index in [1.165, 1.54) is 21.8 Å². The maximum absolute atomic E-state index is 12.6. The lowest BCUT2D eigenvalue weighted by Gasteiger charge is -2.12. The maximum Gasteiger partial charge on any atom is 0.278 e. The maximum atomic E-state index is 12.6. The molecule has 2 aromatic rings. The molecule has 1 aliphatic heterocycles. The van der Waals surface area contributed by atoms with Crippen LogP contribution in [0, 0.1) is 13.8 Å². The highest BCUT2D eigenvalue weighted by Gasteiger charge is 2.38. The largest absolute Gasteiger partial charge is 0.350 e. The van der Waals surface area contributed by atoms with Crippen molar-refractivity contribution in [3.63, 3.8) is 0 Å². The van der Waals surface area contributed by atoms with Crippen LogP contribution in [0.5, 0.6) is 0 Å². The van der Waals surface area contributed by atoms with Gasteiger partial charge in [0.2, 0.25) is 0 Å².